The Morgan fingerprint density at radius 1 is 1.12 bits per heavy atom. The van der Waals surface area contributed by atoms with Crippen molar-refractivity contribution < 1.29 is 9.18 Å². The first-order chi connectivity index (χ1) is 15.5. The lowest BCUT2D eigenvalue weighted by Crippen LogP contribution is -2.41. The number of hydrogen-bond donors (Lipinski definition) is 0. The van der Waals surface area contributed by atoms with Crippen LogP contribution in [0.15, 0.2) is 61.2 Å². The lowest BCUT2D eigenvalue weighted by Gasteiger charge is -2.29. The van der Waals surface area contributed by atoms with E-state index >= 15 is 0 Å². The SMILES string of the molecule is CCN(C(=O)c1cc(C)ccc1-n1nccn1)[C@@H](C)Cn1ccc(-c2ccc(F)cn2)n1. The van der Waals surface area contributed by atoms with Crippen LogP contribution >= 0.6 is 0 Å². The molecule has 4 aromatic rings. The van der Waals surface area contributed by atoms with Crippen molar-refractivity contribution in [2.75, 3.05) is 6.54 Å². The van der Waals surface area contributed by atoms with Crippen molar-refractivity contribution in [1.82, 2.24) is 34.7 Å². The molecule has 32 heavy (non-hydrogen) atoms. The van der Waals surface area contributed by atoms with Crippen molar-refractivity contribution in [2.24, 2.45) is 0 Å². The van der Waals surface area contributed by atoms with Gasteiger partial charge in [-0.25, -0.2) is 4.39 Å². The summed E-state index contributed by atoms with van der Waals surface area (Å²) in [6.45, 7) is 6.93. The van der Waals surface area contributed by atoms with E-state index in [1.165, 1.54) is 17.1 Å². The first-order valence-electron chi connectivity index (χ1n) is 10.4. The van der Waals surface area contributed by atoms with Crippen LogP contribution in [0.5, 0.6) is 0 Å². The number of carbonyl (C=O) groups is 1. The Morgan fingerprint density at radius 2 is 1.91 bits per heavy atom. The lowest BCUT2D eigenvalue weighted by molar-refractivity contribution is 0.0685. The average molecular weight is 433 g/mol. The van der Waals surface area contributed by atoms with Gasteiger partial charge in [0.25, 0.3) is 5.91 Å². The van der Waals surface area contributed by atoms with Crippen LogP contribution in [0.25, 0.3) is 17.1 Å². The van der Waals surface area contributed by atoms with Crippen molar-refractivity contribution in [3.05, 3.63) is 78.1 Å². The van der Waals surface area contributed by atoms with Gasteiger partial charge in [0.15, 0.2) is 0 Å². The molecule has 0 radical (unpaired) electrons. The molecule has 0 aliphatic rings. The topological polar surface area (TPSA) is 81.7 Å². The summed E-state index contributed by atoms with van der Waals surface area (Å²) in [5, 5.41) is 12.9. The van der Waals surface area contributed by atoms with Gasteiger partial charge in [0.2, 0.25) is 0 Å². The first kappa shape index (κ1) is 21.4. The molecule has 0 unspecified atom stereocenters. The van der Waals surface area contributed by atoms with Crippen LogP contribution < -0.4 is 0 Å². The largest absolute Gasteiger partial charge is 0.334 e. The van der Waals surface area contributed by atoms with Crippen molar-refractivity contribution in [3.63, 3.8) is 0 Å². The molecule has 1 atom stereocenters. The van der Waals surface area contributed by atoms with E-state index < -0.39 is 0 Å². The highest BCUT2D eigenvalue weighted by Gasteiger charge is 2.24. The summed E-state index contributed by atoms with van der Waals surface area (Å²) in [7, 11) is 0. The Labute approximate surface area is 185 Å². The monoisotopic (exact) mass is 433 g/mol. The van der Waals surface area contributed by atoms with E-state index in [1.807, 2.05) is 51.2 Å². The molecule has 3 aromatic heterocycles. The second kappa shape index (κ2) is 9.09. The number of amides is 1. The number of rotatable bonds is 7. The molecule has 0 N–H and O–H groups in total. The highest BCUT2D eigenvalue weighted by atomic mass is 19.1. The average Bonchev–Trinajstić information content (AvgIpc) is 3.47. The summed E-state index contributed by atoms with van der Waals surface area (Å²) in [5.74, 6) is -0.483. The van der Waals surface area contributed by atoms with E-state index in [1.54, 1.807) is 28.0 Å². The third-order valence-electron chi connectivity index (χ3n) is 5.23. The second-order valence-electron chi connectivity index (χ2n) is 7.56. The van der Waals surface area contributed by atoms with Gasteiger partial charge in [0.1, 0.15) is 11.5 Å². The molecule has 0 aliphatic heterocycles. The highest BCUT2D eigenvalue weighted by Crippen LogP contribution is 2.20. The Balaban J connectivity index is 1.55. The number of aromatic nitrogens is 6. The summed E-state index contributed by atoms with van der Waals surface area (Å²) in [6, 6.07) is 10.3. The quantitative estimate of drug-likeness (QED) is 0.445. The van der Waals surface area contributed by atoms with Gasteiger partial charge in [-0.15, -0.1) is 0 Å². The smallest absolute Gasteiger partial charge is 0.256 e. The molecular formula is C23H24FN7O. The molecule has 9 heteroatoms. The van der Waals surface area contributed by atoms with Crippen LogP contribution in [0.1, 0.15) is 29.8 Å². The van der Waals surface area contributed by atoms with E-state index in [9.17, 15) is 9.18 Å². The number of likely N-dealkylation sites (N-methyl/N-ethyl adjacent to an activating group) is 1. The van der Waals surface area contributed by atoms with Crippen molar-refractivity contribution in [1.29, 1.82) is 0 Å². The number of benzene rings is 1. The fraction of sp³-hybridized carbons (Fsp3) is 0.261. The molecule has 0 spiro atoms. The van der Waals surface area contributed by atoms with Gasteiger partial charge >= 0.3 is 0 Å². The van der Waals surface area contributed by atoms with Crippen LogP contribution in [-0.2, 0) is 6.54 Å². The minimum Gasteiger partial charge on any atom is -0.334 e. The highest BCUT2D eigenvalue weighted by molar-refractivity contribution is 5.98. The zero-order valence-electron chi connectivity index (χ0n) is 18.2. The molecule has 0 saturated carbocycles. The van der Waals surface area contributed by atoms with Gasteiger partial charge in [-0.05, 0) is 51.1 Å². The van der Waals surface area contributed by atoms with Crippen LogP contribution in [0.2, 0.25) is 0 Å². The molecule has 164 valence electrons. The Morgan fingerprint density at radius 3 is 2.59 bits per heavy atom. The summed E-state index contributed by atoms with van der Waals surface area (Å²) >= 11 is 0. The summed E-state index contributed by atoms with van der Waals surface area (Å²) in [4.78, 5) is 20.9. The van der Waals surface area contributed by atoms with E-state index in [-0.39, 0.29) is 17.8 Å². The van der Waals surface area contributed by atoms with Gasteiger partial charge in [-0.3, -0.25) is 14.5 Å². The minimum atomic E-state index is -0.389. The number of hydrogen-bond acceptors (Lipinski definition) is 5. The molecule has 0 saturated heterocycles. The molecule has 4 rings (SSSR count). The predicted octanol–water partition coefficient (Wildman–Crippen LogP) is 3.52. The van der Waals surface area contributed by atoms with Crippen molar-refractivity contribution in [2.45, 2.75) is 33.4 Å². The number of pyridine rings is 1. The standard InChI is InChI=1S/C23H24FN7O/c1-4-30(23(32)19-13-16(2)5-8-22(19)31-26-10-11-27-31)17(3)15-29-12-9-21(28-29)20-7-6-18(24)14-25-20/h5-14,17H,4,15H2,1-3H3/t17-/m0/s1. The maximum absolute atomic E-state index is 13.5. The zero-order valence-corrected chi connectivity index (χ0v) is 18.2. The van der Waals surface area contributed by atoms with Crippen LogP contribution in [-0.4, -0.2) is 53.2 Å². The van der Waals surface area contributed by atoms with Gasteiger partial charge in [-0.1, -0.05) is 11.6 Å². The van der Waals surface area contributed by atoms with Crippen molar-refractivity contribution >= 4 is 5.91 Å². The van der Waals surface area contributed by atoms with E-state index in [4.69, 9.17) is 0 Å². The molecule has 0 fully saturated rings. The van der Waals surface area contributed by atoms with Gasteiger partial charge in [0.05, 0.1) is 42.1 Å². The van der Waals surface area contributed by atoms with Crippen LogP contribution in [0.4, 0.5) is 4.39 Å². The maximum atomic E-state index is 13.5. The molecular weight excluding hydrogens is 409 g/mol. The lowest BCUT2D eigenvalue weighted by atomic mass is 10.1. The Bertz CT molecular complexity index is 1200. The third-order valence-corrected chi connectivity index (χ3v) is 5.23. The first-order valence-corrected chi connectivity index (χ1v) is 10.4. The van der Waals surface area contributed by atoms with E-state index in [0.29, 0.717) is 35.7 Å². The fourth-order valence-corrected chi connectivity index (χ4v) is 3.64. The second-order valence-corrected chi connectivity index (χ2v) is 7.56. The molecule has 0 aliphatic carbocycles. The minimum absolute atomic E-state index is 0.0939. The van der Waals surface area contributed by atoms with Gasteiger partial charge in [0, 0.05) is 18.8 Å². The predicted molar refractivity (Wildman–Crippen MR) is 118 cm³/mol. The van der Waals surface area contributed by atoms with E-state index in [0.717, 1.165) is 5.56 Å². The maximum Gasteiger partial charge on any atom is 0.256 e. The van der Waals surface area contributed by atoms with Gasteiger partial charge < -0.3 is 4.90 Å². The number of carbonyl (C=O) groups excluding carboxylic acids is 1. The normalized spacial score (nSPS) is 12.0. The van der Waals surface area contributed by atoms with Crippen LogP contribution in [0.3, 0.4) is 0 Å². The number of halogens is 1. The summed E-state index contributed by atoms with van der Waals surface area (Å²) in [5.41, 5.74) is 3.41. The zero-order chi connectivity index (χ0) is 22.7. The Hall–Kier alpha value is -3.88. The fourth-order valence-electron chi connectivity index (χ4n) is 3.64. The molecule has 1 aromatic carbocycles. The summed E-state index contributed by atoms with van der Waals surface area (Å²) < 4.78 is 14.9. The summed E-state index contributed by atoms with van der Waals surface area (Å²) in [6.07, 6.45) is 6.17. The molecule has 3 heterocycles. The third kappa shape index (κ3) is 4.41. The van der Waals surface area contributed by atoms with Crippen molar-refractivity contribution in [3.8, 4) is 17.1 Å². The van der Waals surface area contributed by atoms with Gasteiger partial charge in [-0.2, -0.15) is 20.1 Å². The Kier molecular flexibility index (Phi) is 6.07. The molecule has 8 nitrogen and oxygen atoms in total. The number of aryl methyl sites for hydroxylation is 1. The molecule has 1 amide bonds. The molecule has 0 bridgehead atoms. The van der Waals surface area contributed by atoms with Crippen LogP contribution in [0, 0.1) is 12.7 Å². The van der Waals surface area contributed by atoms with E-state index in [2.05, 4.69) is 20.3 Å². The number of nitrogens with zero attached hydrogens (tertiary/aromatic N) is 7.